The second-order valence-corrected chi connectivity index (χ2v) is 10.3. The lowest BCUT2D eigenvalue weighted by atomic mass is 9.98. The largest absolute Gasteiger partial charge is 0.444 e. The van der Waals surface area contributed by atoms with Crippen LogP contribution in [0.2, 0.25) is 0 Å². The number of hydroxylamine groups is 2. The van der Waals surface area contributed by atoms with E-state index in [1.807, 2.05) is 30.3 Å². The average Bonchev–Trinajstić information content (AvgIpc) is 3.57. The zero-order valence-electron chi connectivity index (χ0n) is 20.8. The van der Waals surface area contributed by atoms with E-state index in [-0.39, 0.29) is 25.2 Å². The van der Waals surface area contributed by atoms with Gasteiger partial charge in [-0.15, -0.1) is 0 Å². The van der Waals surface area contributed by atoms with E-state index >= 15 is 0 Å². The second-order valence-electron chi connectivity index (χ2n) is 10.3. The molecule has 5 rings (SSSR count). The topological polar surface area (TPSA) is 109 Å². The summed E-state index contributed by atoms with van der Waals surface area (Å²) in [7, 11) is 0. The van der Waals surface area contributed by atoms with Crippen molar-refractivity contribution in [3.05, 3.63) is 53.3 Å². The standard InChI is InChI=1S/C25H32N6O5/c1-25(2,3)36-22(32)26-13-19-21-18(14-30(27-21)23(33)28-11-7-8-12-28)20-15-29(19)24(34)31(20)35-16-17-9-5-4-6-10-17/h4-6,9-10,14,19-20H,7-8,11-13,15-16H2,1-3H3,(H,26,32)/t19-,20-/m1/s1. The Labute approximate surface area is 209 Å². The van der Waals surface area contributed by atoms with Gasteiger partial charge in [-0.25, -0.2) is 14.4 Å². The number of fused-ring (bicyclic) bond motifs is 4. The maximum atomic E-state index is 13.4. The number of aromatic nitrogens is 2. The van der Waals surface area contributed by atoms with Gasteiger partial charge in [-0.1, -0.05) is 30.3 Å². The summed E-state index contributed by atoms with van der Waals surface area (Å²) in [6.07, 6.45) is 3.07. The van der Waals surface area contributed by atoms with E-state index in [0.717, 1.165) is 24.0 Å². The molecule has 11 nitrogen and oxygen atoms in total. The molecule has 1 N–H and O–H groups in total. The summed E-state index contributed by atoms with van der Waals surface area (Å²) in [6, 6.07) is 8.15. The molecule has 1 aromatic heterocycles. The molecule has 4 amide bonds. The van der Waals surface area contributed by atoms with Crippen molar-refractivity contribution in [1.82, 2.24) is 30.0 Å². The third kappa shape index (κ3) is 4.75. The van der Waals surface area contributed by atoms with Gasteiger partial charge in [-0.2, -0.15) is 14.8 Å². The van der Waals surface area contributed by atoms with Gasteiger partial charge < -0.3 is 19.9 Å². The van der Waals surface area contributed by atoms with Crippen LogP contribution >= 0.6 is 0 Å². The lowest BCUT2D eigenvalue weighted by molar-refractivity contribution is -0.141. The smallest absolute Gasteiger partial charge is 0.407 e. The normalized spacial score (nSPS) is 21.1. The molecule has 4 heterocycles. The van der Waals surface area contributed by atoms with Crippen molar-refractivity contribution in [2.24, 2.45) is 0 Å². The predicted molar refractivity (Wildman–Crippen MR) is 129 cm³/mol. The number of rotatable bonds is 5. The highest BCUT2D eigenvalue weighted by Crippen LogP contribution is 2.43. The Morgan fingerprint density at radius 2 is 1.86 bits per heavy atom. The Morgan fingerprint density at radius 1 is 1.14 bits per heavy atom. The first-order valence-corrected chi connectivity index (χ1v) is 12.3. The van der Waals surface area contributed by atoms with Crippen LogP contribution in [0.25, 0.3) is 0 Å². The zero-order valence-corrected chi connectivity index (χ0v) is 20.8. The van der Waals surface area contributed by atoms with Crippen molar-refractivity contribution in [3.8, 4) is 0 Å². The minimum atomic E-state index is -0.651. The van der Waals surface area contributed by atoms with Gasteiger partial charge in [0.2, 0.25) is 0 Å². The molecule has 0 spiro atoms. The number of hydrogen-bond acceptors (Lipinski definition) is 6. The third-order valence-corrected chi connectivity index (χ3v) is 6.53. The molecule has 3 aliphatic rings. The molecule has 192 valence electrons. The van der Waals surface area contributed by atoms with Crippen molar-refractivity contribution in [2.45, 2.75) is 57.9 Å². The van der Waals surface area contributed by atoms with Gasteiger partial charge in [0.05, 0.1) is 18.3 Å². The number of likely N-dealkylation sites (tertiary alicyclic amines) is 1. The lowest BCUT2D eigenvalue weighted by Gasteiger charge is -2.30. The Hall–Kier alpha value is -3.60. The Balaban J connectivity index is 1.40. The average molecular weight is 497 g/mol. The number of hydrogen-bond donors (Lipinski definition) is 1. The summed E-state index contributed by atoms with van der Waals surface area (Å²) in [5.41, 5.74) is 1.61. The maximum Gasteiger partial charge on any atom is 0.407 e. The molecular formula is C25H32N6O5. The highest BCUT2D eigenvalue weighted by Gasteiger charge is 2.50. The van der Waals surface area contributed by atoms with Crippen molar-refractivity contribution < 1.29 is 24.0 Å². The molecule has 0 unspecified atom stereocenters. The first kappa shape index (κ1) is 24.1. The van der Waals surface area contributed by atoms with Gasteiger partial charge in [-0.05, 0) is 39.2 Å². The summed E-state index contributed by atoms with van der Waals surface area (Å²) >= 11 is 0. The molecule has 1 aromatic carbocycles. The minimum absolute atomic E-state index is 0.0990. The molecule has 2 aromatic rings. The fourth-order valence-corrected chi connectivity index (χ4v) is 4.86. The summed E-state index contributed by atoms with van der Waals surface area (Å²) in [4.78, 5) is 48.2. The first-order valence-electron chi connectivity index (χ1n) is 12.3. The number of nitrogens with zero attached hydrogens (tertiary/aromatic N) is 5. The number of amides is 4. The summed E-state index contributed by atoms with van der Waals surface area (Å²) < 4.78 is 6.73. The molecule has 11 heteroatoms. The van der Waals surface area contributed by atoms with Crippen LogP contribution in [0, 0.1) is 0 Å². The monoisotopic (exact) mass is 496 g/mol. The number of alkyl carbamates (subject to hydrolysis) is 1. The van der Waals surface area contributed by atoms with Gasteiger partial charge in [0.15, 0.2) is 0 Å². The number of ether oxygens (including phenoxy) is 1. The minimum Gasteiger partial charge on any atom is -0.444 e. The Morgan fingerprint density at radius 3 is 2.56 bits per heavy atom. The van der Waals surface area contributed by atoms with Crippen LogP contribution in [0.5, 0.6) is 0 Å². The van der Waals surface area contributed by atoms with E-state index < -0.39 is 23.8 Å². The van der Waals surface area contributed by atoms with E-state index in [1.54, 1.807) is 36.8 Å². The SMILES string of the molecule is CC(C)(C)OC(=O)NC[C@@H]1c2nn(C(=O)N3CCCC3)cc2[C@H]2CN1C(=O)N2OCc1ccccc1. The van der Waals surface area contributed by atoms with Crippen LogP contribution in [0.3, 0.4) is 0 Å². The summed E-state index contributed by atoms with van der Waals surface area (Å²) in [5, 5.41) is 8.74. The number of carbonyl (C=O) groups is 3. The Kier molecular flexibility index (Phi) is 6.33. The maximum absolute atomic E-state index is 13.4. The quantitative estimate of drug-likeness (QED) is 0.679. The van der Waals surface area contributed by atoms with E-state index in [0.29, 0.717) is 25.3 Å². The molecule has 2 atom stereocenters. The molecule has 3 aliphatic heterocycles. The number of benzene rings is 1. The van der Waals surface area contributed by atoms with Gasteiger partial charge >= 0.3 is 18.2 Å². The molecule has 0 radical (unpaired) electrons. The summed E-state index contributed by atoms with van der Waals surface area (Å²) in [5.74, 6) is 0. The highest BCUT2D eigenvalue weighted by atomic mass is 16.7. The highest BCUT2D eigenvalue weighted by molar-refractivity contribution is 5.80. The van der Waals surface area contributed by atoms with Crippen molar-refractivity contribution in [1.29, 1.82) is 0 Å². The van der Waals surface area contributed by atoms with Gasteiger partial charge in [0.1, 0.15) is 18.2 Å². The fraction of sp³-hybridized carbons (Fsp3) is 0.520. The lowest BCUT2D eigenvalue weighted by Crippen LogP contribution is -2.42. The van der Waals surface area contributed by atoms with Crippen LogP contribution in [0.15, 0.2) is 36.5 Å². The predicted octanol–water partition coefficient (Wildman–Crippen LogP) is 3.44. The molecule has 0 saturated carbocycles. The number of carbonyl (C=O) groups excluding carboxylic acids is 3. The molecule has 2 fully saturated rings. The van der Waals surface area contributed by atoms with E-state index in [9.17, 15) is 14.4 Å². The van der Waals surface area contributed by atoms with E-state index in [2.05, 4.69) is 10.4 Å². The van der Waals surface area contributed by atoms with Crippen molar-refractivity contribution in [2.75, 3.05) is 26.2 Å². The van der Waals surface area contributed by atoms with Crippen LogP contribution in [-0.2, 0) is 16.2 Å². The van der Waals surface area contributed by atoms with E-state index in [1.165, 1.54) is 9.75 Å². The van der Waals surface area contributed by atoms with Crippen LogP contribution in [0.1, 0.15) is 62.5 Å². The molecular weight excluding hydrogens is 464 g/mol. The van der Waals surface area contributed by atoms with Gasteiger partial charge in [-0.3, -0.25) is 4.84 Å². The third-order valence-electron chi connectivity index (χ3n) is 6.53. The number of nitrogens with one attached hydrogen (secondary N) is 1. The molecule has 2 saturated heterocycles. The van der Waals surface area contributed by atoms with Gasteiger partial charge in [0, 0.05) is 31.4 Å². The van der Waals surface area contributed by atoms with Crippen molar-refractivity contribution in [3.63, 3.8) is 0 Å². The van der Waals surface area contributed by atoms with Crippen molar-refractivity contribution >= 4 is 18.2 Å². The summed E-state index contributed by atoms with van der Waals surface area (Å²) in [6.45, 7) is 7.45. The van der Waals surface area contributed by atoms with Crippen LogP contribution in [-0.4, -0.2) is 74.6 Å². The fourth-order valence-electron chi connectivity index (χ4n) is 4.86. The molecule has 0 aliphatic carbocycles. The van der Waals surface area contributed by atoms with Crippen LogP contribution < -0.4 is 5.32 Å². The van der Waals surface area contributed by atoms with E-state index in [4.69, 9.17) is 9.57 Å². The van der Waals surface area contributed by atoms with Gasteiger partial charge in [0.25, 0.3) is 0 Å². The molecule has 2 bridgehead atoms. The first-order chi connectivity index (χ1) is 17.2. The zero-order chi connectivity index (χ0) is 25.4. The Bertz CT molecular complexity index is 1140. The second kappa shape index (κ2) is 9.45. The van der Waals surface area contributed by atoms with Crippen LogP contribution in [0.4, 0.5) is 14.4 Å². The molecule has 36 heavy (non-hydrogen) atoms. The number of urea groups is 1.